The molecule has 3 rings (SSSR count). The highest BCUT2D eigenvalue weighted by Crippen LogP contribution is 2.30. The lowest BCUT2D eigenvalue weighted by atomic mass is 10.1. The number of rotatable bonds is 5. The smallest absolute Gasteiger partial charge is 0.204 e. The van der Waals surface area contributed by atoms with Crippen molar-refractivity contribution in [2.45, 2.75) is 32.9 Å². The minimum Gasteiger partial charge on any atom is -0.490 e. The fraction of sp³-hybridized carbons (Fsp3) is 0.316. The average molecular weight is 327 g/mol. The van der Waals surface area contributed by atoms with Gasteiger partial charge in [-0.2, -0.15) is 0 Å². The molecule has 1 heterocycles. The third-order valence-electron chi connectivity index (χ3n) is 3.58. The van der Waals surface area contributed by atoms with Crippen LogP contribution in [0.2, 0.25) is 0 Å². The fourth-order valence-electron chi connectivity index (χ4n) is 2.63. The minimum absolute atomic E-state index is 0.104. The standard InChI is InChI=1S/C19H21NO4/c1-11(2)20-13-8-16(23-10-12(3)21)18-17(9-13)24-15-7-5-4-6-14(15)19(18)22/h4-9,11-12,20-21H,10H2,1-3H3. The van der Waals surface area contributed by atoms with Crippen LogP contribution in [0.3, 0.4) is 0 Å². The van der Waals surface area contributed by atoms with Crippen LogP contribution in [-0.4, -0.2) is 23.9 Å². The number of benzene rings is 2. The van der Waals surface area contributed by atoms with Crippen molar-refractivity contribution in [2.75, 3.05) is 11.9 Å². The van der Waals surface area contributed by atoms with Crippen molar-refractivity contribution < 1.29 is 14.3 Å². The molecule has 5 heteroatoms. The van der Waals surface area contributed by atoms with E-state index in [0.717, 1.165) is 5.69 Å². The van der Waals surface area contributed by atoms with Crippen molar-refractivity contribution >= 4 is 27.6 Å². The zero-order valence-electron chi connectivity index (χ0n) is 14.0. The molecule has 126 valence electrons. The van der Waals surface area contributed by atoms with E-state index in [0.29, 0.717) is 27.7 Å². The second kappa shape index (κ2) is 6.53. The van der Waals surface area contributed by atoms with Crippen molar-refractivity contribution in [3.63, 3.8) is 0 Å². The average Bonchev–Trinajstić information content (AvgIpc) is 2.52. The number of ether oxygens (including phenoxy) is 1. The molecule has 5 nitrogen and oxygen atoms in total. The molecule has 1 unspecified atom stereocenters. The normalized spacial score (nSPS) is 12.7. The number of hydrogen-bond acceptors (Lipinski definition) is 5. The van der Waals surface area contributed by atoms with Crippen molar-refractivity contribution in [2.24, 2.45) is 0 Å². The molecule has 0 saturated carbocycles. The van der Waals surface area contributed by atoms with Crippen LogP contribution in [-0.2, 0) is 0 Å². The molecule has 0 radical (unpaired) electrons. The number of para-hydroxylation sites is 1. The Morgan fingerprint density at radius 3 is 2.62 bits per heavy atom. The van der Waals surface area contributed by atoms with E-state index in [4.69, 9.17) is 9.15 Å². The number of anilines is 1. The Kier molecular flexibility index (Phi) is 4.44. The summed E-state index contributed by atoms with van der Waals surface area (Å²) >= 11 is 0. The monoisotopic (exact) mass is 327 g/mol. The van der Waals surface area contributed by atoms with Gasteiger partial charge in [0.05, 0.1) is 11.5 Å². The Labute approximate surface area is 139 Å². The molecule has 0 saturated heterocycles. The van der Waals surface area contributed by atoms with Crippen LogP contribution >= 0.6 is 0 Å². The highest BCUT2D eigenvalue weighted by molar-refractivity contribution is 5.95. The van der Waals surface area contributed by atoms with Gasteiger partial charge in [0.1, 0.15) is 28.9 Å². The third kappa shape index (κ3) is 3.21. The van der Waals surface area contributed by atoms with E-state index >= 15 is 0 Å². The maximum absolute atomic E-state index is 12.9. The van der Waals surface area contributed by atoms with E-state index in [1.807, 2.05) is 19.9 Å². The number of fused-ring (bicyclic) bond motifs is 2. The minimum atomic E-state index is -0.630. The van der Waals surface area contributed by atoms with Gasteiger partial charge in [-0.25, -0.2) is 0 Å². The molecule has 2 aromatic carbocycles. The van der Waals surface area contributed by atoms with Crippen molar-refractivity contribution in [1.29, 1.82) is 0 Å². The highest BCUT2D eigenvalue weighted by Gasteiger charge is 2.15. The number of aliphatic hydroxyl groups is 1. The lowest BCUT2D eigenvalue weighted by molar-refractivity contribution is 0.123. The van der Waals surface area contributed by atoms with Gasteiger partial charge in [0.2, 0.25) is 5.43 Å². The van der Waals surface area contributed by atoms with Gasteiger partial charge in [0.25, 0.3) is 0 Å². The Balaban J connectivity index is 2.26. The van der Waals surface area contributed by atoms with Gasteiger partial charge in [0, 0.05) is 23.9 Å². The summed E-state index contributed by atoms with van der Waals surface area (Å²) in [6.45, 7) is 5.79. The predicted molar refractivity (Wildman–Crippen MR) is 95.9 cm³/mol. The first-order valence-corrected chi connectivity index (χ1v) is 8.02. The lowest BCUT2D eigenvalue weighted by Crippen LogP contribution is -2.15. The summed E-state index contributed by atoms with van der Waals surface area (Å²) in [6.07, 6.45) is -0.630. The summed E-state index contributed by atoms with van der Waals surface area (Å²) in [6, 6.07) is 10.9. The van der Waals surface area contributed by atoms with Crippen LogP contribution < -0.4 is 15.5 Å². The number of aliphatic hydroxyl groups excluding tert-OH is 1. The second-order valence-electron chi connectivity index (χ2n) is 6.23. The second-order valence-corrected chi connectivity index (χ2v) is 6.23. The summed E-state index contributed by atoms with van der Waals surface area (Å²) in [5.74, 6) is 0.413. The van der Waals surface area contributed by atoms with Crippen LogP contribution in [0.25, 0.3) is 21.9 Å². The van der Waals surface area contributed by atoms with E-state index in [-0.39, 0.29) is 18.1 Å². The summed E-state index contributed by atoms with van der Waals surface area (Å²) in [4.78, 5) is 12.9. The van der Waals surface area contributed by atoms with Gasteiger partial charge in [-0.15, -0.1) is 0 Å². The van der Waals surface area contributed by atoms with Gasteiger partial charge >= 0.3 is 0 Å². The van der Waals surface area contributed by atoms with Crippen molar-refractivity contribution in [1.82, 2.24) is 0 Å². The molecule has 0 aliphatic rings. The Bertz CT molecular complexity index is 928. The Hall–Kier alpha value is -2.53. The molecule has 1 aromatic heterocycles. The molecule has 3 aromatic rings. The molecule has 1 atom stereocenters. The highest BCUT2D eigenvalue weighted by atomic mass is 16.5. The summed E-state index contributed by atoms with van der Waals surface area (Å²) < 4.78 is 11.6. The van der Waals surface area contributed by atoms with Gasteiger partial charge in [-0.1, -0.05) is 12.1 Å². The maximum Gasteiger partial charge on any atom is 0.204 e. The topological polar surface area (TPSA) is 71.7 Å². The van der Waals surface area contributed by atoms with E-state index in [9.17, 15) is 9.90 Å². The maximum atomic E-state index is 12.9. The summed E-state index contributed by atoms with van der Waals surface area (Å²) in [5, 5.41) is 13.7. The zero-order chi connectivity index (χ0) is 17.3. The first-order chi connectivity index (χ1) is 11.5. The SMILES string of the molecule is CC(O)COc1cc(NC(C)C)cc2oc3ccccc3c(=O)c12. The van der Waals surface area contributed by atoms with Crippen LogP contribution in [0, 0.1) is 0 Å². The molecule has 0 fully saturated rings. The van der Waals surface area contributed by atoms with Gasteiger partial charge in [-0.05, 0) is 32.9 Å². The quantitative estimate of drug-likeness (QED) is 0.702. The first kappa shape index (κ1) is 16.3. The lowest BCUT2D eigenvalue weighted by Gasteiger charge is -2.15. The van der Waals surface area contributed by atoms with E-state index in [2.05, 4.69) is 5.32 Å². The Morgan fingerprint density at radius 1 is 1.17 bits per heavy atom. The van der Waals surface area contributed by atoms with Crippen LogP contribution in [0.1, 0.15) is 20.8 Å². The molecule has 2 N–H and O–H groups in total. The molecule has 24 heavy (non-hydrogen) atoms. The van der Waals surface area contributed by atoms with Gasteiger partial charge in [0.15, 0.2) is 0 Å². The molecule has 0 aliphatic heterocycles. The zero-order valence-corrected chi connectivity index (χ0v) is 14.0. The van der Waals surface area contributed by atoms with E-state index in [1.54, 1.807) is 37.3 Å². The third-order valence-corrected chi connectivity index (χ3v) is 3.58. The molecule has 0 aliphatic carbocycles. The van der Waals surface area contributed by atoms with Crippen molar-refractivity contribution in [3.8, 4) is 5.75 Å². The van der Waals surface area contributed by atoms with Crippen LogP contribution in [0.5, 0.6) is 5.75 Å². The summed E-state index contributed by atoms with van der Waals surface area (Å²) in [5.41, 5.74) is 1.67. The first-order valence-electron chi connectivity index (χ1n) is 8.02. The number of hydrogen-bond donors (Lipinski definition) is 2. The van der Waals surface area contributed by atoms with Gasteiger partial charge in [-0.3, -0.25) is 4.79 Å². The van der Waals surface area contributed by atoms with E-state index < -0.39 is 6.10 Å². The fourth-order valence-corrected chi connectivity index (χ4v) is 2.63. The predicted octanol–water partition coefficient (Wildman–Crippen LogP) is 3.53. The van der Waals surface area contributed by atoms with E-state index in [1.165, 1.54) is 0 Å². The molecule has 0 spiro atoms. The van der Waals surface area contributed by atoms with Crippen LogP contribution in [0.4, 0.5) is 5.69 Å². The van der Waals surface area contributed by atoms with Gasteiger partial charge < -0.3 is 19.6 Å². The number of nitrogens with one attached hydrogen (secondary N) is 1. The molecule has 0 bridgehead atoms. The summed E-state index contributed by atoms with van der Waals surface area (Å²) in [7, 11) is 0. The molecular weight excluding hydrogens is 306 g/mol. The van der Waals surface area contributed by atoms with Crippen LogP contribution in [0.15, 0.2) is 45.6 Å². The van der Waals surface area contributed by atoms with Crippen molar-refractivity contribution in [3.05, 3.63) is 46.6 Å². The molecule has 0 amide bonds. The molecular formula is C19H21NO4. The largest absolute Gasteiger partial charge is 0.490 e. The Morgan fingerprint density at radius 2 is 1.92 bits per heavy atom.